The molecule has 2 aromatic carbocycles. The molecule has 1 aliphatic carbocycles. The van der Waals surface area contributed by atoms with Crippen LogP contribution >= 0.6 is 0 Å². The third-order valence-corrected chi connectivity index (χ3v) is 5.75. The van der Waals surface area contributed by atoms with E-state index in [1.165, 1.54) is 0 Å². The molecule has 0 aliphatic heterocycles. The molecule has 0 saturated heterocycles. The van der Waals surface area contributed by atoms with Crippen molar-refractivity contribution in [1.29, 1.82) is 0 Å². The van der Waals surface area contributed by atoms with Crippen LogP contribution in [0.25, 0.3) is 10.9 Å². The normalized spacial score (nSPS) is 18.4. The van der Waals surface area contributed by atoms with Gasteiger partial charge in [0.05, 0.1) is 11.4 Å². The summed E-state index contributed by atoms with van der Waals surface area (Å²) < 4.78 is 5.89. The van der Waals surface area contributed by atoms with Crippen molar-refractivity contribution < 1.29 is 19.5 Å². The average molecular weight is 419 g/mol. The number of carbonyl (C=O) groups excluding carboxylic acids is 2. The van der Waals surface area contributed by atoms with Gasteiger partial charge in [-0.25, -0.2) is 5.48 Å². The number of anilines is 1. The Morgan fingerprint density at radius 2 is 1.74 bits per heavy atom. The van der Waals surface area contributed by atoms with Crippen LogP contribution in [0.5, 0.6) is 5.75 Å². The molecule has 1 fully saturated rings. The molecule has 2 atom stereocenters. The van der Waals surface area contributed by atoms with Crippen molar-refractivity contribution in [1.82, 2.24) is 10.5 Å². The Morgan fingerprint density at radius 3 is 2.48 bits per heavy atom. The van der Waals surface area contributed by atoms with E-state index in [1.54, 1.807) is 11.7 Å². The molecule has 3 N–H and O–H groups in total. The maximum atomic E-state index is 12.7. The summed E-state index contributed by atoms with van der Waals surface area (Å²) in [7, 11) is 0. The van der Waals surface area contributed by atoms with Crippen molar-refractivity contribution in [2.45, 2.75) is 32.3 Å². The summed E-state index contributed by atoms with van der Waals surface area (Å²) in [6.07, 6.45) is 4.78. The lowest BCUT2D eigenvalue weighted by atomic mass is 9.78. The summed E-state index contributed by atoms with van der Waals surface area (Å²) in [5.74, 6) is -0.850. The third kappa shape index (κ3) is 5.00. The molecule has 0 radical (unpaired) electrons. The molecule has 7 heteroatoms. The van der Waals surface area contributed by atoms with Crippen LogP contribution < -0.4 is 15.5 Å². The minimum atomic E-state index is -0.497. The molecule has 31 heavy (non-hydrogen) atoms. The Balaban J connectivity index is 1.35. The van der Waals surface area contributed by atoms with E-state index in [2.05, 4.69) is 10.3 Å². The van der Waals surface area contributed by atoms with Crippen molar-refractivity contribution in [3.63, 3.8) is 0 Å². The van der Waals surface area contributed by atoms with Gasteiger partial charge in [-0.3, -0.25) is 19.8 Å². The fourth-order valence-corrected chi connectivity index (χ4v) is 4.07. The molecule has 1 saturated carbocycles. The fraction of sp³-hybridized carbons (Fsp3) is 0.292. The second kappa shape index (κ2) is 9.57. The smallest absolute Gasteiger partial charge is 0.247 e. The van der Waals surface area contributed by atoms with Crippen molar-refractivity contribution >= 4 is 28.4 Å². The minimum Gasteiger partial charge on any atom is -0.489 e. The van der Waals surface area contributed by atoms with Gasteiger partial charge in [-0.15, -0.1) is 0 Å². The average Bonchev–Trinajstić information content (AvgIpc) is 2.83. The van der Waals surface area contributed by atoms with Crippen LogP contribution in [0.3, 0.4) is 0 Å². The van der Waals surface area contributed by atoms with Gasteiger partial charge in [0, 0.05) is 23.2 Å². The first-order chi connectivity index (χ1) is 15.1. The molecular weight excluding hydrogens is 394 g/mol. The lowest BCUT2D eigenvalue weighted by Crippen LogP contribution is -2.40. The quantitative estimate of drug-likeness (QED) is 0.413. The van der Waals surface area contributed by atoms with Crippen molar-refractivity contribution in [2.24, 2.45) is 11.8 Å². The molecule has 0 bridgehead atoms. The minimum absolute atomic E-state index is 0.193. The molecule has 1 aromatic heterocycles. The first-order valence-corrected chi connectivity index (χ1v) is 10.5. The van der Waals surface area contributed by atoms with Gasteiger partial charge in [0.1, 0.15) is 12.4 Å². The fourth-order valence-electron chi connectivity index (χ4n) is 4.07. The Bertz CT molecular complexity index is 1070. The number of hydrogen-bond donors (Lipinski definition) is 3. The molecular formula is C24H25N3O4. The number of rotatable bonds is 6. The van der Waals surface area contributed by atoms with E-state index < -0.39 is 17.7 Å². The van der Waals surface area contributed by atoms with Gasteiger partial charge in [0.15, 0.2) is 0 Å². The summed E-state index contributed by atoms with van der Waals surface area (Å²) in [4.78, 5) is 28.9. The Hall–Kier alpha value is -3.45. The highest BCUT2D eigenvalue weighted by atomic mass is 16.5. The Labute approximate surface area is 180 Å². The molecule has 1 aliphatic rings. The van der Waals surface area contributed by atoms with Crippen LogP contribution in [0, 0.1) is 11.8 Å². The van der Waals surface area contributed by atoms with Crippen LogP contribution in [0.15, 0.2) is 60.8 Å². The first-order valence-electron chi connectivity index (χ1n) is 10.5. The topological polar surface area (TPSA) is 101 Å². The molecule has 3 aromatic rings. The lowest BCUT2D eigenvalue weighted by molar-refractivity contribution is -0.140. The van der Waals surface area contributed by atoms with Crippen LogP contribution in [0.4, 0.5) is 5.69 Å². The molecule has 7 nitrogen and oxygen atoms in total. The van der Waals surface area contributed by atoms with Gasteiger partial charge in [0.25, 0.3) is 0 Å². The van der Waals surface area contributed by atoms with Crippen molar-refractivity contribution in [3.05, 3.63) is 66.4 Å². The number of ether oxygens (including phenoxy) is 1. The van der Waals surface area contributed by atoms with Gasteiger partial charge in [-0.2, -0.15) is 0 Å². The second-order valence-corrected chi connectivity index (χ2v) is 7.81. The number of amides is 2. The van der Waals surface area contributed by atoms with Gasteiger partial charge >= 0.3 is 0 Å². The molecule has 0 spiro atoms. The Morgan fingerprint density at radius 1 is 1.00 bits per heavy atom. The number of aromatic nitrogens is 1. The predicted octanol–water partition coefficient (Wildman–Crippen LogP) is 4.06. The number of pyridine rings is 1. The van der Waals surface area contributed by atoms with Gasteiger partial charge in [0.2, 0.25) is 11.8 Å². The number of fused-ring (bicyclic) bond motifs is 1. The number of carbonyl (C=O) groups is 2. The highest BCUT2D eigenvalue weighted by molar-refractivity contribution is 5.96. The Kier molecular flexibility index (Phi) is 6.43. The molecule has 160 valence electrons. The molecule has 4 rings (SSSR count). The van der Waals surface area contributed by atoms with Crippen LogP contribution in [-0.2, 0) is 16.2 Å². The SMILES string of the molecule is O=C(NO)[C@H]1CCCC[C@@H]1C(=O)Nc1ccc(COc2ccc3ncccc3c2)cc1. The highest BCUT2D eigenvalue weighted by Crippen LogP contribution is 2.31. The van der Waals surface area contributed by atoms with Crippen LogP contribution in [0.1, 0.15) is 31.2 Å². The second-order valence-electron chi connectivity index (χ2n) is 7.81. The number of nitrogens with one attached hydrogen (secondary N) is 2. The molecule has 2 amide bonds. The van der Waals surface area contributed by atoms with Gasteiger partial charge in [-0.05, 0) is 54.8 Å². The van der Waals surface area contributed by atoms with Crippen molar-refractivity contribution in [2.75, 3.05) is 5.32 Å². The lowest BCUT2D eigenvalue weighted by Gasteiger charge is -2.28. The summed E-state index contributed by atoms with van der Waals surface area (Å²) in [5, 5.41) is 12.9. The summed E-state index contributed by atoms with van der Waals surface area (Å²) in [5.41, 5.74) is 4.25. The van der Waals surface area contributed by atoms with Crippen LogP contribution in [0.2, 0.25) is 0 Å². The maximum Gasteiger partial charge on any atom is 0.247 e. The van der Waals surface area contributed by atoms with Gasteiger partial charge < -0.3 is 10.1 Å². The van der Waals surface area contributed by atoms with E-state index in [0.29, 0.717) is 25.1 Å². The third-order valence-electron chi connectivity index (χ3n) is 5.75. The molecule has 0 unspecified atom stereocenters. The first kappa shape index (κ1) is 20.8. The predicted molar refractivity (Wildman–Crippen MR) is 117 cm³/mol. The zero-order valence-corrected chi connectivity index (χ0v) is 17.1. The van der Waals surface area contributed by atoms with E-state index in [0.717, 1.165) is 35.1 Å². The number of benzene rings is 2. The monoisotopic (exact) mass is 419 g/mol. The maximum absolute atomic E-state index is 12.7. The standard InChI is InChI=1S/C24H25N3O4/c28-23(20-5-1-2-6-21(20)24(29)27-30)26-18-9-7-16(8-10-18)15-31-19-11-12-22-17(14-19)4-3-13-25-22/h3-4,7-14,20-21,30H,1-2,5-6,15H2,(H,26,28)(H,27,29)/t20-,21-/m0/s1. The van der Waals surface area contributed by atoms with Crippen LogP contribution in [-0.4, -0.2) is 22.0 Å². The summed E-state index contributed by atoms with van der Waals surface area (Å²) in [6.45, 7) is 0.404. The van der Waals surface area contributed by atoms with Crippen molar-refractivity contribution in [3.8, 4) is 5.75 Å². The van der Waals surface area contributed by atoms with E-state index in [4.69, 9.17) is 9.94 Å². The largest absolute Gasteiger partial charge is 0.489 e. The van der Waals surface area contributed by atoms with E-state index in [1.807, 2.05) is 54.6 Å². The van der Waals surface area contributed by atoms with Gasteiger partial charge in [-0.1, -0.05) is 31.0 Å². The summed E-state index contributed by atoms with van der Waals surface area (Å²) >= 11 is 0. The molecule has 1 heterocycles. The number of nitrogens with zero attached hydrogens (tertiary/aromatic N) is 1. The number of hydrogen-bond acceptors (Lipinski definition) is 5. The highest BCUT2D eigenvalue weighted by Gasteiger charge is 2.35. The zero-order chi connectivity index (χ0) is 21.6. The van der Waals surface area contributed by atoms with E-state index >= 15 is 0 Å². The van der Waals surface area contributed by atoms with E-state index in [-0.39, 0.29) is 5.91 Å². The van der Waals surface area contributed by atoms with E-state index in [9.17, 15) is 9.59 Å². The summed E-state index contributed by atoms with van der Waals surface area (Å²) in [6, 6.07) is 17.1. The number of hydroxylamine groups is 1. The zero-order valence-electron chi connectivity index (χ0n) is 17.1.